The predicted octanol–water partition coefficient (Wildman–Crippen LogP) is 2.86. The third-order valence-corrected chi connectivity index (χ3v) is 3.32. The van der Waals surface area contributed by atoms with Gasteiger partial charge in [-0.15, -0.1) is 0 Å². The van der Waals surface area contributed by atoms with Crippen molar-refractivity contribution in [1.29, 1.82) is 0 Å². The van der Waals surface area contributed by atoms with Crippen molar-refractivity contribution in [3.63, 3.8) is 0 Å². The van der Waals surface area contributed by atoms with Crippen LogP contribution in [0.5, 0.6) is 0 Å². The second kappa shape index (κ2) is 5.88. The average Bonchev–Trinajstić information content (AvgIpc) is 2.43. The number of anilines is 2. The molecule has 0 fully saturated rings. The molecule has 0 saturated carbocycles. The maximum Gasteiger partial charge on any atom is 0.148 e. The molecule has 5 heteroatoms. The van der Waals surface area contributed by atoms with E-state index >= 15 is 0 Å². The zero-order chi connectivity index (χ0) is 14.7. The van der Waals surface area contributed by atoms with Crippen molar-refractivity contribution >= 4 is 11.6 Å². The molecule has 1 heterocycles. The van der Waals surface area contributed by atoms with Crippen LogP contribution < -0.4 is 16.6 Å². The molecule has 1 unspecified atom stereocenters. The summed E-state index contributed by atoms with van der Waals surface area (Å²) in [6.07, 6.45) is 0. The lowest BCUT2D eigenvalue weighted by molar-refractivity contribution is 0.862. The minimum atomic E-state index is 0.161. The Morgan fingerprint density at radius 2 is 1.60 bits per heavy atom. The summed E-state index contributed by atoms with van der Waals surface area (Å²) in [5, 5.41) is 3.41. The number of benzene rings is 1. The van der Waals surface area contributed by atoms with Gasteiger partial charge in [-0.1, -0.05) is 29.8 Å². The van der Waals surface area contributed by atoms with E-state index in [4.69, 9.17) is 5.84 Å². The molecule has 2 rings (SSSR count). The zero-order valence-electron chi connectivity index (χ0n) is 12.4. The minimum absolute atomic E-state index is 0.161. The monoisotopic (exact) mass is 271 g/mol. The first-order valence-electron chi connectivity index (χ1n) is 6.66. The van der Waals surface area contributed by atoms with Gasteiger partial charge in [-0.2, -0.15) is 0 Å². The Morgan fingerprint density at radius 3 is 2.20 bits per heavy atom. The first-order chi connectivity index (χ1) is 9.51. The Labute approximate surface area is 119 Å². The van der Waals surface area contributed by atoms with E-state index in [1.807, 2.05) is 13.8 Å². The molecule has 0 amide bonds. The lowest BCUT2D eigenvalue weighted by Crippen LogP contribution is -2.15. The summed E-state index contributed by atoms with van der Waals surface area (Å²) in [7, 11) is 0. The molecule has 0 radical (unpaired) electrons. The standard InChI is InChI=1S/C15H21N5/c1-9-5-7-13(8-6-9)11(3)17-14-10(2)15(20-16)19-12(4)18-14/h5-8,11H,16H2,1-4H3,(H2,17,18,19,20). The minimum Gasteiger partial charge on any atom is -0.363 e. The molecular formula is C15H21N5. The van der Waals surface area contributed by atoms with Gasteiger partial charge >= 0.3 is 0 Å². The maximum atomic E-state index is 5.48. The average molecular weight is 271 g/mol. The number of nitrogens with two attached hydrogens (primary N) is 1. The quantitative estimate of drug-likeness (QED) is 0.589. The van der Waals surface area contributed by atoms with Crippen molar-refractivity contribution in [1.82, 2.24) is 9.97 Å². The van der Waals surface area contributed by atoms with Crippen LogP contribution in [-0.2, 0) is 0 Å². The molecule has 106 valence electrons. The third kappa shape index (κ3) is 3.05. The summed E-state index contributed by atoms with van der Waals surface area (Å²) in [5.41, 5.74) is 5.99. The van der Waals surface area contributed by atoms with Crippen LogP contribution in [0.4, 0.5) is 11.6 Å². The molecule has 4 N–H and O–H groups in total. The SMILES string of the molecule is Cc1ccc(C(C)Nc2nc(C)nc(NN)c2C)cc1. The first-order valence-corrected chi connectivity index (χ1v) is 6.66. The zero-order valence-corrected chi connectivity index (χ0v) is 12.4. The molecule has 1 aromatic carbocycles. The van der Waals surface area contributed by atoms with Crippen molar-refractivity contribution in [3.05, 3.63) is 46.8 Å². The molecule has 0 bridgehead atoms. The van der Waals surface area contributed by atoms with Crippen LogP contribution in [0.3, 0.4) is 0 Å². The molecule has 0 aliphatic carbocycles. The molecule has 0 aliphatic heterocycles. The second-order valence-electron chi connectivity index (χ2n) is 5.01. The van der Waals surface area contributed by atoms with E-state index in [-0.39, 0.29) is 6.04 Å². The van der Waals surface area contributed by atoms with Gasteiger partial charge in [0.1, 0.15) is 17.5 Å². The van der Waals surface area contributed by atoms with Gasteiger partial charge in [0.15, 0.2) is 0 Å². The first kappa shape index (κ1) is 14.3. The highest BCUT2D eigenvalue weighted by molar-refractivity contribution is 5.57. The normalized spacial score (nSPS) is 12.1. The second-order valence-corrected chi connectivity index (χ2v) is 5.01. The van der Waals surface area contributed by atoms with Crippen LogP contribution >= 0.6 is 0 Å². The number of hydrogen-bond acceptors (Lipinski definition) is 5. The van der Waals surface area contributed by atoms with E-state index in [0.717, 1.165) is 11.4 Å². The van der Waals surface area contributed by atoms with E-state index in [0.29, 0.717) is 11.6 Å². The molecule has 1 atom stereocenters. The molecule has 0 spiro atoms. The maximum absolute atomic E-state index is 5.48. The summed E-state index contributed by atoms with van der Waals surface area (Å²) in [4.78, 5) is 8.70. The highest BCUT2D eigenvalue weighted by Gasteiger charge is 2.12. The summed E-state index contributed by atoms with van der Waals surface area (Å²) in [5.74, 6) is 7.61. The van der Waals surface area contributed by atoms with Gasteiger partial charge in [0.05, 0.1) is 0 Å². The van der Waals surface area contributed by atoms with Crippen LogP contribution in [0.25, 0.3) is 0 Å². The number of aryl methyl sites for hydroxylation is 2. The number of nitrogens with zero attached hydrogens (tertiary/aromatic N) is 2. The van der Waals surface area contributed by atoms with Gasteiger partial charge in [0.25, 0.3) is 0 Å². The van der Waals surface area contributed by atoms with Crippen molar-refractivity contribution in [2.24, 2.45) is 5.84 Å². The fourth-order valence-corrected chi connectivity index (χ4v) is 2.05. The van der Waals surface area contributed by atoms with Crippen LogP contribution in [0.2, 0.25) is 0 Å². The predicted molar refractivity (Wildman–Crippen MR) is 82.5 cm³/mol. The van der Waals surface area contributed by atoms with Gasteiger partial charge in [-0.3, -0.25) is 0 Å². The molecular weight excluding hydrogens is 250 g/mol. The number of hydrogen-bond donors (Lipinski definition) is 3. The van der Waals surface area contributed by atoms with Gasteiger partial charge in [-0.05, 0) is 33.3 Å². The number of nitrogen functional groups attached to an aromatic ring is 1. The van der Waals surface area contributed by atoms with Gasteiger partial charge in [0, 0.05) is 11.6 Å². The van der Waals surface area contributed by atoms with Crippen LogP contribution in [-0.4, -0.2) is 9.97 Å². The Balaban J connectivity index is 2.25. The number of aromatic nitrogens is 2. The Kier molecular flexibility index (Phi) is 4.20. The summed E-state index contributed by atoms with van der Waals surface area (Å²) in [6.45, 7) is 7.98. The van der Waals surface area contributed by atoms with Gasteiger partial charge in [0.2, 0.25) is 0 Å². The number of nitrogens with one attached hydrogen (secondary N) is 2. The molecule has 5 nitrogen and oxygen atoms in total. The van der Waals surface area contributed by atoms with Crippen LogP contribution in [0.15, 0.2) is 24.3 Å². The van der Waals surface area contributed by atoms with Crippen LogP contribution in [0, 0.1) is 20.8 Å². The fourth-order valence-electron chi connectivity index (χ4n) is 2.05. The van der Waals surface area contributed by atoms with E-state index in [2.05, 4.69) is 58.8 Å². The third-order valence-electron chi connectivity index (χ3n) is 3.32. The largest absolute Gasteiger partial charge is 0.363 e. The Hall–Kier alpha value is -2.14. The van der Waals surface area contributed by atoms with Crippen molar-refractivity contribution in [3.8, 4) is 0 Å². The smallest absolute Gasteiger partial charge is 0.148 e. The summed E-state index contributed by atoms with van der Waals surface area (Å²) in [6, 6.07) is 8.63. The Morgan fingerprint density at radius 1 is 1.00 bits per heavy atom. The Bertz CT molecular complexity index is 592. The van der Waals surface area contributed by atoms with E-state index in [1.165, 1.54) is 11.1 Å². The number of rotatable bonds is 4. The van der Waals surface area contributed by atoms with Gasteiger partial charge < -0.3 is 10.7 Å². The lowest BCUT2D eigenvalue weighted by Gasteiger charge is -2.18. The summed E-state index contributed by atoms with van der Waals surface area (Å²) >= 11 is 0. The van der Waals surface area contributed by atoms with E-state index < -0.39 is 0 Å². The molecule has 0 aliphatic rings. The van der Waals surface area contributed by atoms with Crippen LogP contribution in [0.1, 0.15) is 35.5 Å². The van der Waals surface area contributed by atoms with E-state index in [1.54, 1.807) is 0 Å². The molecule has 2 aromatic rings. The van der Waals surface area contributed by atoms with Crippen molar-refractivity contribution in [2.75, 3.05) is 10.7 Å². The molecule has 0 saturated heterocycles. The highest BCUT2D eigenvalue weighted by atomic mass is 15.3. The van der Waals surface area contributed by atoms with Crippen molar-refractivity contribution in [2.45, 2.75) is 33.7 Å². The van der Waals surface area contributed by atoms with Gasteiger partial charge in [-0.25, -0.2) is 15.8 Å². The van der Waals surface area contributed by atoms with E-state index in [9.17, 15) is 0 Å². The molecule has 1 aromatic heterocycles. The lowest BCUT2D eigenvalue weighted by atomic mass is 10.1. The molecule has 20 heavy (non-hydrogen) atoms. The van der Waals surface area contributed by atoms with Crippen molar-refractivity contribution < 1.29 is 0 Å². The summed E-state index contributed by atoms with van der Waals surface area (Å²) < 4.78 is 0. The highest BCUT2D eigenvalue weighted by Crippen LogP contribution is 2.24. The topological polar surface area (TPSA) is 75.9 Å². The number of hydrazine groups is 1. The fraction of sp³-hybridized carbons (Fsp3) is 0.333.